The molecular weight excluding hydrogens is 384 g/mol. The van der Waals surface area contributed by atoms with Gasteiger partial charge >= 0.3 is 0 Å². The van der Waals surface area contributed by atoms with Gasteiger partial charge in [0, 0.05) is 30.0 Å². The molecule has 2 aromatic carbocycles. The first-order valence-electron chi connectivity index (χ1n) is 9.69. The Balaban J connectivity index is 1.39. The Morgan fingerprint density at radius 3 is 2.79 bits per heavy atom. The molecule has 0 spiro atoms. The minimum absolute atomic E-state index is 0.0489. The molecule has 146 valence electrons. The van der Waals surface area contributed by atoms with Crippen LogP contribution >= 0.6 is 11.8 Å². The number of hydrogen-bond acceptors (Lipinski definition) is 5. The van der Waals surface area contributed by atoms with Crippen LogP contribution in [0.15, 0.2) is 75.9 Å². The Hall–Kier alpha value is -2.99. The van der Waals surface area contributed by atoms with Crippen LogP contribution in [0, 0.1) is 0 Å². The van der Waals surface area contributed by atoms with Crippen molar-refractivity contribution >= 4 is 28.6 Å². The summed E-state index contributed by atoms with van der Waals surface area (Å²) in [6.45, 7) is 1.44. The van der Waals surface area contributed by atoms with Gasteiger partial charge in [-0.3, -0.25) is 4.79 Å². The van der Waals surface area contributed by atoms with Crippen molar-refractivity contribution in [2.45, 2.75) is 11.7 Å². The number of carbonyl (C=O) groups excluding carboxylic acids is 1. The molecule has 1 fully saturated rings. The number of fused-ring (bicyclic) bond motifs is 1. The number of thioether (sulfide) groups is 1. The van der Waals surface area contributed by atoms with Gasteiger partial charge in [-0.1, -0.05) is 35.5 Å². The first-order chi connectivity index (χ1) is 14.3. The van der Waals surface area contributed by atoms with Crippen molar-refractivity contribution in [2.24, 2.45) is 0 Å². The summed E-state index contributed by atoms with van der Waals surface area (Å²) in [4.78, 5) is 15.1. The fraction of sp³-hybridized carbons (Fsp3) is 0.217. The number of carbonyl (C=O) groups is 1. The molecule has 1 saturated heterocycles. The molecule has 4 aromatic rings. The summed E-state index contributed by atoms with van der Waals surface area (Å²) < 4.78 is 11.1. The van der Waals surface area contributed by atoms with E-state index in [1.807, 2.05) is 77.3 Å². The average Bonchev–Trinajstić information content (AvgIpc) is 3.38. The summed E-state index contributed by atoms with van der Waals surface area (Å²) in [6, 6.07) is 19.4. The number of amides is 1. The van der Waals surface area contributed by atoms with E-state index in [2.05, 4.69) is 5.16 Å². The van der Waals surface area contributed by atoms with Crippen LogP contribution in [0.25, 0.3) is 22.2 Å². The molecule has 6 heteroatoms. The van der Waals surface area contributed by atoms with Crippen LogP contribution in [0.2, 0.25) is 0 Å². The maximum Gasteiger partial charge on any atom is 0.253 e. The van der Waals surface area contributed by atoms with Gasteiger partial charge in [-0.05, 0) is 36.8 Å². The van der Waals surface area contributed by atoms with Gasteiger partial charge in [-0.2, -0.15) is 0 Å². The van der Waals surface area contributed by atoms with E-state index in [1.54, 1.807) is 6.26 Å². The second kappa shape index (κ2) is 7.79. The maximum atomic E-state index is 13.2. The molecule has 29 heavy (non-hydrogen) atoms. The molecule has 1 aliphatic heterocycles. The molecule has 0 N–H and O–H groups in total. The third-order valence-electron chi connectivity index (χ3n) is 5.25. The lowest BCUT2D eigenvalue weighted by Gasteiger charge is -2.20. The van der Waals surface area contributed by atoms with E-state index in [0.29, 0.717) is 23.1 Å². The molecule has 0 unspecified atom stereocenters. The van der Waals surface area contributed by atoms with Crippen molar-refractivity contribution in [3.63, 3.8) is 0 Å². The maximum absolute atomic E-state index is 13.2. The highest BCUT2D eigenvalue weighted by Crippen LogP contribution is 2.35. The van der Waals surface area contributed by atoms with Gasteiger partial charge in [0.25, 0.3) is 5.91 Å². The number of nitrogens with zero attached hydrogens (tertiary/aromatic N) is 2. The zero-order valence-electron chi connectivity index (χ0n) is 15.8. The molecule has 0 radical (unpaired) electrons. The first-order valence-corrected chi connectivity index (χ1v) is 10.7. The minimum Gasteiger partial charge on any atom is -0.468 e. The highest BCUT2D eigenvalue weighted by Gasteiger charge is 2.25. The summed E-state index contributed by atoms with van der Waals surface area (Å²) in [7, 11) is 0. The lowest BCUT2D eigenvalue weighted by atomic mass is 10.1. The summed E-state index contributed by atoms with van der Waals surface area (Å²) in [5, 5.41) is 5.31. The second-order valence-corrected chi connectivity index (χ2v) is 8.38. The molecule has 0 aliphatic carbocycles. The second-order valence-electron chi connectivity index (χ2n) is 7.07. The normalized spacial score (nSPS) is 17.4. The number of benzene rings is 2. The molecule has 5 rings (SSSR count). The molecule has 3 heterocycles. The SMILES string of the molecule is O=C(c1ccc2noc(-c3ccccc3)c2c1)N1CCS[C@H](c2ccco2)CC1. The number of furan rings is 1. The van der Waals surface area contributed by atoms with E-state index < -0.39 is 0 Å². The third-order valence-corrected chi connectivity index (χ3v) is 6.54. The smallest absolute Gasteiger partial charge is 0.253 e. The van der Waals surface area contributed by atoms with Gasteiger partial charge in [0.1, 0.15) is 11.3 Å². The van der Waals surface area contributed by atoms with E-state index in [-0.39, 0.29) is 5.91 Å². The van der Waals surface area contributed by atoms with Crippen molar-refractivity contribution in [3.05, 3.63) is 78.3 Å². The third kappa shape index (κ3) is 3.56. The van der Waals surface area contributed by atoms with E-state index in [4.69, 9.17) is 8.94 Å². The lowest BCUT2D eigenvalue weighted by molar-refractivity contribution is 0.0766. The van der Waals surface area contributed by atoms with Crippen LogP contribution in [0.3, 0.4) is 0 Å². The van der Waals surface area contributed by atoms with E-state index in [1.165, 1.54) is 0 Å². The minimum atomic E-state index is 0.0489. The van der Waals surface area contributed by atoms with Crippen molar-refractivity contribution < 1.29 is 13.7 Å². The van der Waals surface area contributed by atoms with Gasteiger partial charge in [-0.15, -0.1) is 11.8 Å². The van der Waals surface area contributed by atoms with Crippen LogP contribution in [0.1, 0.15) is 27.8 Å². The lowest BCUT2D eigenvalue weighted by Crippen LogP contribution is -2.32. The predicted molar refractivity (Wildman–Crippen MR) is 114 cm³/mol. The van der Waals surface area contributed by atoms with E-state index >= 15 is 0 Å². The zero-order valence-corrected chi connectivity index (χ0v) is 16.6. The number of hydrogen-bond donors (Lipinski definition) is 0. The molecule has 2 aromatic heterocycles. The highest BCUT2D eigenvalue weighted by molar-refractivity contribution is 7.99. The van der Waals surface area contributed by atoms with Crippen molar-refractivity contribution in [2.75, 3.05) is 18.8 Å². The standard InChI is InChI=1S/C23H20N2O3S/c26-23(25-11-10-21(29-14-12-25)20-7-4-13-27-20)17-8-9-19-18(15-17)22(28-24-19)16-5-2-1-3-6-16/h1-9,13,15,21H,10-12,14H2/t21-/m0/s1. The molecular formula is C23H20N2O3S. The number of rotatable bonds is 3. The largest absolute Gasteiger partial charge is 0.468 e. The van der Waals surface area contributed by atoms with Crippen LogP contribution in [0.4, 0.5) is 0 Å². The van der Waals surface area contributed by atoms with Crippen LogP contribution in [-0.4, -0.2) is 34.8 Å². The Bertz CT molecular complexity index is 1120. The quantitative estimate of drug-likeness (QED) is 0.457. The van der Waals surface area contributed by atoms with Crippen LogP contribution in [-0.2, 0) is 0 Å². The molecule has 1 atom stereocenters. The Kier molecular flexibility index (Phi) is 4.86. The Morgan fingerprint density at radius 1 is 1.07 bits per heavy atom. The van der Waals surface area contributed by atoms with Crippen molar-refractivity contribution in [1.29, 1.82) is 0 Å². The Morgan fingerprint density at radius 2 is 1.97 bits per heavy atom. The molecule has 1 amide bonds. The molecule has 0 saturated carbocycles. The molecule has 0 bridgehead atoms. The van der Waals surface area contributed by atoms with Gasteiger partial charge in [0.15, 0.2) is 5.76 Å². The highest BCUT2D eigenvalue weighted by atomic mass is 32.2. The van der Waals surface area contributed by atoms with Gasteiger partial charge in [0.2, 0.25) is 0 Å². The average molecular weight is 404 g/mol. The topological polar surface area (TPSA) is 59.5 Å². The molecule has 1 aliphatic rings. The van der Waals surface area contributed by atoms with Crippen LogP contribution in [0.5, 0.6) is 0 Å². The van der Waals surface area contributed by atoms with Crippen molar-refractivity contribution in [1.82, 2.24) is 10.1 Å². The first kappa shape index (κ1) is 18.1. The van der Waals surface area contributed by atoms with Gasteiger partial charge < -0.3 is 13.8 Å². The summed E-state index contributed by atoms with van der Waals surface area (Å²) >= 11 is 1.85. The van der Waals surface area contributed by atoms with Crippen LogP contribution < -0.4 is 0 Å². The van der Waals surface area contributed by atoms with Gasteiger partial charge in [-0.25, -0.2) is 0 Å². The predicted octanol–water partition coefficient (Wildman–Crippen LogP) is 5.41. The van der Waals surface area contributed by atoms with Gasteiger partial charge in [0.05, 0.1) is 16.9 Å². The Labute approximate surface area is 172 Å². The fourth-order valence-corrected chi connectivity index (χ4v) is 4.91. The zero-order chi connectivity index (χ0) is 19.6. The summed E-state index contributed by atoms with van der Waals surface area (Å²) in [5.74, 6) is 2.62. The monoisotopic (exact) mass is 404 g/mol. The number of aromatic nitrogens is 1. The van der Waals surface area contributed by atoms with E-state index in [0.717, 1.165) is 40.9 Å². The fourth-order valence-electron chi connectivity index (χ4n) is 3.73. The van der Waals surface area contributed by atoms with E-state index in [9.17, 15) is 4.79 Å². The van der Waals surface area contributed by atoms with Crippen molar-refractivity contribution in [3.8, 4) is 11.3 Å². The molecule has 5 nitrogen and oxygen atoms in total. The summed E-state index contributed by atoms with van der Waals surface area (Å²) in [6.07, 6.45) is 2.59. The summed E-state index contributed by atoms with van der Waals surface area (Å²) in [5.41, 5.74) is 2.37.